The van der Waals surface area contributed by atoms with E-state index in [4.69, 9.17) is 4.74 Å². The predicted molar refractivity (Wildman–Crippen MR) is 111 cm³/mol. The number of hydrogen-bond acceptors (Lipinski definition) is 5. The summed E-state index contributed by atoms with van der Waals surface area (Å²) in [6.45, 7) is 7.52. The number of amides is 1. The zero-order chi connectivity index (χ0) is 21.6. The van der Waals surface area contributed by atoms with Crippen LogP contribution in [0, 0.1) is 6.92 Å². The molecule has 0 spiro atoms. The van der Waals surface area contributed by atoms with Crippen molar-refractivity contribution in [2.45, 2.75) is 38.7 Å². The van der Waals surface area contributed by atoms with E-state index in [-0.39, 0.29) is 10.5 Å². The van der Waals surface area contributed by atoms with Crippen molar-refractivity contribution in [3.8, 4) is 0 Å². The number of carbonyl (C=O) groups is 2. The highest BCUT2D eigenvalue weighted by molar-refractivity contribution is 7.89. The van der Waals surface area contributed by atoms with E-state index < -0.39 is 28.0 Å². The molecule has 0 unspecified atom stereocenters. The number of aryl methyl sites for hydroxylation is 1. The zero-order valence-corrected chi connectivity index (χ0v) is 17.8. The van der Waals surface area contributed by atoms with Gasteiger partial charge < -0.3 is 10.1 Å². The number of anilines is 1. The second-order valence-electron chi connectivity index (χ2n) is 6.52. The maximum atomic E-state index is 12.6. The van der Waals surface area contributed by atoms with Gasteiger partial charge in [-0.3, -0.25) is 4.79 Å². The topological polar surface area (TPSA) is 92.8 Å². The van der Waals surface area contributed by atoms with Crippen LogP contribution in [0.15, 0.2) is 53.4 Å². The molecule has 0 heterocycles. The second kappa shape index (κ2) is 9.67. The Morgan fingerprint density at radius 1 is 1.07 bits per heavy atom. The number of carbonyl (C=O) groups excluding carboxylic acids is 2. The van der Waals surface area contributed by atoms with Crippen molar-refractivity contribution in [2.75, 3.05) is 18.4 Å². The molecule has 2 aromatic rings. The molecule has 0 bridgehead atoms. The lowest BCUT2D eigenvalue weighted by atomic mass is 10.2. The summed E-state index contributed by atoms with van der Waals surface area (Å²) in [5.74, 6) is -1.25. The second-order valence-corrected chi connectivity index (χ2v) is 8.46. The normalized spacial score (nSPS) is 12.4. The number of esters is 1. The highest BCUT2D eigenvalue weighted by Crippen LogP contribution is 2.18. The third-order valence-electron chi connectivity index (χ3n) is 4.39. The molecule has 0 radical (unpaired) electrons. The van der Waals surface area contributed by atoms with Crippen LogP contribution in [0.3, 0.4) is 0 Å². The number of nitrogens with one attached hydrogen (secondary N) is 1. The molecule has 1 atom stereocenters. The minimum absolute atomic E-state index is 0.00686. The molecule has 1 N–H and O–H groups in total. The first-order valence-corrected chi connectivity index (χ1v) is 10.8. The molecule has 0 saturated heterocycles. The largest absolute Gasteiger partial charge is 0.449 e. The molecular formula is C21H26N2O5S. The third-order valence-corrected chi connectivity index (χ3v) is 6.43. The molecule has 2 rings (SSSR count). The summed E-state index contributed by atoms with van der Waals surface area (Å²) in [7, 11) is -3.70. The Hall–Kier alpha value is -2.71. The van der Waals surface area contributed by atoms with Gasteiger partial charge in [0.2, 0.25) is 10.0 Å². The van der Waals surface area contributed by atoms with Gasteiger partial charge in [0, 0.05) is 18.8 Å². The molecule has 0 aliphatic carbocycles. The number of sulfonamides is 1. The molecule has 29 heavy (non-hydrogen) atoms. The molecule has 0 aromatic heterocycles. The van der Waals surface area contributed by atoms with Gasteiger partial charge in [0.1, 0.15) is 0 Å². The summed E-state index contributed by atoms with van der Waals surface area (Å²) >= 11 is 0. The Morgan fingerprint density at radius 3 is 2.28 bits per heavy atom. The SMILES string of the molecule is CCN(CC)S(=O)(=O)c1cccc(C(=O)O[C@@H](C)C(=O)Nc2ccc(C)cc2)c1. The molecule has 156 valence electrons. The molecule has 0 saturated carbocycles. The molecule has 1 amide bonds. The van der Waals surface area contributed by atoms with Gasteiger partial charge in [0.15, 0.2) is 6.10 Å². The molecule has 0 fully saturated rings. The number of benzene rings is 2. The third kappa shape index (κ3) is 5.65. The summed E-state index contributed by atoms with van der Waals surface area (Å²) < 4.78 is 31.8. The number of rotatable bonds is 8. The summed E-state index contributed by atoms with van der Waals surface area (Å²) in [6, 6.07) is 12.8. The molecule has 7 nitrogen and oxygen atoms in total. The average Bonchev–Trinajstić information content (AvgIpc) is 2.70. The molecule has 8 heteroatoms. The van der Waals surface area contributed by atoms with Gasteiger partial charge in [0.05, 0.1) is 10.5 Å². The summed E-state index contributed by atoms with van der Waals surface area (Å²) in [4.78, 5) is 24.7. The van der Waals surface area contributed by atoms with Gasteiger partial charge in [-0.05, 0) is 44.2 Å². The van der Waals surface area contributed by atoms with Crippen LogP contribution in [0.4, 0.5) is 5.69 Å². The van der Waals surface area contributed by atoms with E-state index in [2.05, 4.69) is 5.32 Å². The van der Waals surface area contributed by atoms with Gasteiger partial charge in [-0.1, -0.05) is 37.6 Å². The fraction of sp³-hybridized carbons (Fsp3) is 0.333. The van der Waals surface area contributed by atoms with Gasteiger partial charge in [-0.25, -0.2) is 13.2 Å². The summed E-state index contributed by atoms with van der Waals surface area (Å²) in [5, 5.41) is 2.67. The maximum absolute atomic E-state index is 12.6. The first-order chi connectivity index (χ1) is 13.7. The Kier molecular flexibility index (Phi) is 7.53. The van der Waals surface area contributed by atoms with Crippen LogP contribution in [0.25, 0.3) is 0 Å². The maximum Gasteiger partial charge on any atom is 0.338 e. The van der Waals surface area contributed by atoms with Crippen LogP contribution in [-0.2, 0) is 19.6 Å². The average molecular weight is 419 g/mol. The summed E-state index contributed by atoms with van der Waals surface area (Å²) in [5.41, 5.74) is 1.71. The fourth-order valence-electron chi connectivity index (χ4n) is 2.66. The predicted octanol–water partition coefficient (Wildman–Crippen LogP) is 3.21. The van der Waals surface area contributed by atoms with Crippen molar-refractivity contribution in [3.05, 3.63) is 59.7 Å². The lowest BCUT2D eigenvalue weighted by Gasteiger charge is -2.19. The molecule has 2 aromatic carbocycles. The van der Waals surface area contributed by atoms with Gasteiger partial charge in [-0.2, -0.15) is 4.31 Å². The standard InChI is InChI=1S/C21H26N2O5S/c1-5-23(6-2)29(26,27)19-9-7-8-17(14-19)21(25)28-16(4)20(24)22-18-12-10-15(3)11-13-18/h7-14,16H,5-6H2,1-4H3,(H,22,24)/t16-/m0/s1. The Morgan fingerprint density at radius 2 is 1.69 bits per heavy atom. The van der Waals surface area contributed by atoms with Crippen molar-refractivity contribution < 1.29 is 22.7 Å². The van der Waals surface area contributed by atoms with Crippen molar-refractivity contribution in [2.24, 2.45) is 0 Å². The number of ether oxygens (including phenoxy) is 1. The van der Waals surface area contributed by atoms with Crippen molar-refractivity contribution in [1.82, 2.24) is 4.31 Å². The Labute approximate surface area is 171 Å². The molecule has 0 aliphatic rings. The quantitative estimate of drug-likeness (QED) is 0.665. The van der Waals surface area contributed by atoms with E-state index in [1.54, 1.807) is 26.0 Å². The summed E-state index contributed by atoms with van der Waals surface area (Å²) in [6.07, 6.45) is -1.05. The lowest BCUT2D eigenvalue weighted by Crippen LogP contribution is -2.31. The van der Waals surface area contributed by atoms with Gasteiger partial charge in [0.25, 0.3) is 5.91 Å². The van der Waals surface area contributed by atoms with Gasteiger partial charge >= 0.3 is 5.97 Å². The van der Waals surface area contributed by atoms with Crippen LogP contribution < -0.4 is 5.32 Å². The number of nitrogens with zero attached hydrogens (tertiary/aromatic N) is 1. The van der Waals surface area contributed by atoms with E-state index in [1.165, 1.54) is 35.5 Å². The van der Waals surface area contributed by atoms with Crippen LogP contribution in [0.1, 0.15) is 36.7 Å². The fourth-order valence-corrected chi connectivity index (χ4v) is 4.16. The first kappa shape index (κ1) is 22.6. The lowest BCUT2D eigenvalue weighted by molar-refractivity contribution is -0.123. The van der Waals surface area contributed by atoms with E-state index in [1.807, 2.05) is 19.1 Å². The van der Waals surface area contributed by atoms with Crippen LogP contribution >= 0.6 is 0 Å². The number of hydrogen-bond donors (Lipinski definition) is 1. The van der Waals surface area contributed by atoms with E-state index in [9.17, 15) is 18.0 Å². The monoisotopic (exact) mass is 418 g/mol. The van der Waals surface area contributed by atoms with Crippen LogP contribution in [0.5, 0.6) is 0 Å². The van der Waals surface area contributed by atoms with E-state index >= 15 is 0 Å². The Balaban J connectivity index is 2.10. The zero-order valence-electron chi connectivity index (χ0n) is 17.0. The smallest absolute Gasteiger partial charge is 0.338 e. The van der Waals surface area contributed by atoms with Crippen LogP contribution in [0.2, 0.25) is 0 Å². The highest BCUT2D eigenvalue weighted by atomic mass is 32.2. The Bertz CT molecular complexity index is 967. The van der Waals surface area contributed by atoms with Crippen LogP contribution in [-0.4, -0.2) is 43.8 Å². The minimum Gasteiger partial charge on any atom is -0.449 e. The van der Waals surface area contributed by atoms with Crippen molar-refractivity contribution >= 4 is 27.6 Å². The van der Waals surface area contributed by atoms with Gasteiger partial charge in [-0.15, -0.1) is 0 Å². The van der Waals surface area contributed by atoms with Crippen molar-refractivity contribution in [3.63, 3.8) is 0 Å². The minimum atomic E-state index is -3.70. The molecule has 0 aliphatic heterocycles. The van der Waals surface area contributed by atoms with E-state index in [0.717, 1.165) is 5.56 Å². The van der Waals surface area contributed by atoms with E-state index in [0.29, 0.717) is 18.8 Å². The van der Waals surface area contributed by atoms with Crippen molar-refractivity contribution in [1.29, 1.82) is 0 Å². The highest BCUT2D eigenvalue weighted by Gasteiger charge is 2.24. The first-order valence-electron chi connectivity index (χ1n) is 9.37. The molecular weight excluding hydrogens is 392 g/mol.